The number of methoxy groups -OCH3 is 1. The van der Waals surface area contributed by atoms with E-state index in [9.17, 15) is 14.4 Å². The largest absolute Gasteiger partial charge is 0.453 e. The Morgan fingerprint density at radius 2 is 1.91 bits per heavy atom. The predicted octanol–water partition coefficient (Wildman–Crippen LogP) is 2.98. The van der Waals surface area contributed by atoms with Crippen molar-refractivity contribution in [1.29, 1.82) is 0 Å². The summed E-state index contributed by atoms with van der Waals surface area (Å²) < 4.78 is 4.37. The molecule has 2 N–H and O–H groups in total. The summed E-state index contributed by atoms with van der Waals surface area (Å²) in [6.45, 7) is 0. The van der Waals surface area contributed by atoms with E-state index in [0.29, 0.717) is 5.00 Å². The molecule has 0 spiro atoms. The van der Waals surface area contributed by atoms with E-state index in [1.807, 2.05) is 30.3 Å². The van der Waals surface area contributed by atoms with Crippen LogP contribution < -0.4 is 10.6 Å². The second kappa shape index (κ2) is 8.35. The van der Waals surface area contributed by atoms with Gasteiger partial charge in [0.1, 0.15) is 5.00 Å². The summed E-state index contributed by atoms with van der Waals surface area (Å²) >= 11 is 2.61. The lowest BCUT2D eigenvalue weighted by Gasteiger charge is -2.06. The van der Waals surface area contributed by atoms with Gasteiger partial charge in [0, 0.05) is 4.90 Å². The molecule has 0 fully saturated rings. The Labute approximate surface area is 141 Å². The van der Waals surface area contributed by atoms with Gasteiger partial charge in [-0.2, -0.15) is 0 Å². The molecule has 0 aliphatic rings. The smallest absolute Gasteiger partial charge is 0.413 e. The Kier molecular flexibility index (Phi) is 6.19. The fourth-order valence-corrected chi connectivity index (χ4v) is 3.14. The first kappa shape index (κ1) is 17.0. The molecule has 0 radical (unpaired) electrons. The van der Waals surface area contributed by atoms with Crippen molar-refractivity contribution >= 4 is 46.0 Å². The maximum Gasteiger partial charge on any atom is 0.413 e. The van der Waals surface area contributed by atoms with Gasteiger partial charge in [-0.05, 0) is 23.6 Å². The summed E-state index contributed by atoms with van der Waals surface area (Å²) in [4.78, 5) is 35.9. The third-order valence-corrected chi connectivity index (χ3v) is 4.52. The van der Waals surface area contributed by atoms with Gasteiger partial charge in [-0.25, -0.2) is 4.79 Å². The number of hydrogen-bond donors (Lipinski definition) is 2. The second-order valence-corrected chi connectivity index (χ2v) is 6.22. The van der Waals surface area contributed by atoms with Crippen molar-refractivity contribution in [2.24, 2.45) is 0 Å². The van der Waals surface area contributed by atoms with Gasteiger partial charge in [-0.15, -0.1) is 23.1 Å². The number of nitrogens with one attached hydrogen (secondary N) is 2. The highest BCUT2D eigenvalue weighted by Crippen LogP contribution is 2.24. The molecule has 23 heavy (non-hydrogen) atoms. The Hall–Kier alpha value is -2.32. The van der Waals surface area contributed by atoms with E-state index >= 15 is 0 Å². The Bertz CT molecular complexity index is 701. The predicted molar refractivity (Wildman–Crippen MR) is 90.0 cm³/mol. The number of thiophene rings is 1. The monoisotopic (exact) mass is 350 g/mol. The van der Waals surface area contributed by atoms with Crippen molar-refractivity contribution in [2.75, 3.05) is 18.2 Å². The van der Waals surface area contributed by atoms with E-state index in [0.717, 1.165) is 4.90 Å². The molecular weight excluding hydrogens is 336 g/mol. The Morgan fingerprint density at radius 1 is 1.17 bits per heavy atom. The van der Waals surface area contributed by atoms with Crippen LogP contribution in [-0.4, -0.2) is 30.8 Å². The Balaban J connectivity index is 1.93. The van der Waals surface area contributed by atoms with Crippen molar-refractivity contribution in [3.05, 3.63) is 47.3 Å². The zero-order chi connectivity index (χ0) is 16.7. The minimum absolute atomic E-state index is 0.221. The molecule has 3 amide bonds. The number of carbonyl (C=O) groups is 3. The van der Waals surface area contributed by atoms with E-state index in [1.165, 1.54) is 36.3 Å². The number of benzene rings is 1. The van der Waals surface area contributed by atoms with Crippen LogP contribution in [0.1, 0.15) is 10.4 Å². The molecule has 8 heteroatoms. The molecule has 6 nitrogen and oxygen atoms in total. The molecule has 0 bridgehead atoms. The fourth-order valence-electron chi connectivity index (χ4n) is 1.62. The van der Waals surface area contributed by atoms with Gasteiger partial charge in [0.25, 0.3) is 5.91 Å². The highest BCUT2D eigenvalue weighted by molar-refractivity contribution is 8.00. The van der Waals surface area contributed by atoms with E-state index < -0.39 is 12.0 Å². The van der Waals surface area contributed by atoms with Gasteiger partial charge in [-0.3, -0.25) is 14.9 Å². The number of amides is 3. The average Bonchev–Trinajstić information content (AvgIpc) is 3.02. The van der Waals surface area contributed by atoms with Crippen LogP contribution in [0.3, 0.4) is 0 Å². The first-order chi connectivity index (χ1) is 11.1. The number of anilines is 1. The third kappa shape index (κ3) is 5.11. The number of carbonyl (C=O) groups excluding carboxylic acids is 3. The molecule has 0 atom stereocenters. The molecule has 0 unspecified atom stereocenters. The number of rotatable bonds is 5. The molecule has 0 aliphatic heterocycles. The van der Waals surface area contributed by atoms with Crippen LogP contribution in [0, 0.1) is 0 Å². The minimum Gasteiger partial charge on any atom is -0.453 e. The number of ether oxygens (including phenoxy) is 1. The summed E-state index contributed by atoms with van der Waals surface area (Å²) in [5.74, 6) is -0.627. The topological polar surface area (TPSA) is 84.5 Å². The van der Waals surface area contributed by atoms with Gasteiger partial charge in [0.2, 0.25) is 5.91 Å². The highest BCUT2D eigenvalue weighted by atomic mass is 32.2. The number of hydrogen-bond acceptors (Lipinski definition) is 6. The van der Waals surface area contributed by atoms with Gasteiger partial charge >= 0.3 is 6.09 Å². The molecule has 0 aliphatic carbocycles. The van der Waals surface area contributed by atoms with Gasteiger partial charge < -0.3 is 10.1 Å². The van der Waals surface area contributed by atoms with Crippen LogP contribution in [0.15, 0.2) is 46.7 Å². The second-order valence-electron chi connectivity index (χ2n) is 4.26. The van der Waals surface area contributed by atoms with E-state index in [1.54, 1.807) is 5.38 Å². The standard InChI is InChI=1S/C15H14N2O4S2/c1-21-15(20)17-13(19)11-7-8-22-14(11)16-12(18)9-23-10-5-3-2-4-6-10/h2-8H,9H2,1H3,(H,16,18)(H,17,19,20). The molecule has 120 valence electrons. The van der Waals surface area contributed by atoms with Crippen LogP contribution in [0.4, 0.5) is 9.80 Å². The van der Waals surface area contributed by atoms with Crippen LogP contribution in [0.25, 0.3) is 0 Å². The van der Waals surface area contributed by atoms with Gasteiger partial charge in [0.15, 0.2) is 0 Å². The summed E-state index contributed by atoms with van der Waals surface area (Å²) in [6, 6.07) is 11.1. The lowest BCUT2D eigenvalue weighted by molar-refractivity contribution is -0.113. The lowest BCUT2D eigenvalue weighted by Crippen LogP contribution is -2.30. The molecule has 2 rings (SSSR count). The maximum absolute atomic E-state index is 12.0. The summed E-state index contributed by atoms with van der Waals surface area (Å²) in [5.41, 5.74) is 0.221. The molecule has 1 heterocycles. The van der Waals surface area contributed by atoms with Crippen LogP contribution in [-0.2, 0) is 9.53 Å². The van der Waals surface area contributed by atoms with Crippen molar-refractivity contribution in [1.82, 2.24) is 5.32 Å². The number of thioether (sulfide) groups is 1. The Morgan fingerprint density at radius 3 is 2.61 bits per heavy atom. The van der Waals surface area contributed by atoms with Crippen LogP contribution in [0.5, 0.6) is 0 Å². The van der Waals surface area contributed by atoms with Gasteiger partial charge in [-0.1, -0.05) is 18.2 Å². The quantitative estimate of drug-likeness (QED) is 0.810. The normalized spacial score (nSPS) is 9.96. The molecule has 0 saturated carbocycles. The van der Waals surface area contributed by atoms with E-state index in [2.05, 4.69) is 15.4 Å². The lowest BCUT2D eigenvalue weighted by atomic mass is 10.3. The summed E-state index contributed by atoms with van der Waals surface area (Å²) in [6.07, 6.45) is -0.849. The fraction of sp³-hybridized carbons (Fsp3) is 0.133. The maximum atomic E-state index is 12.0. The molecule has 1 aromatic heterocycles. The minimum atomic E-state index is -0.849. The number of imide groups is 1. The van der Waals surface area contributed by atoms with Crippen molar-refractivity contribution in [3.8, 4) is 0 Å². The first-order valence-electron chi connectivity index (χ1n) is 6.54. The summed E-state index contributed by atoms with van der Waals surface area (Å²) in [5, 5.41) is 6.78. The average molecular weight is 350 g/mol. The molecule has 0 saturated heterocycles. The highest BCUT2D eigenvalue weighted by Gasteiger charge is 2.17. The number of alkyl carbamates (subject to hydrolysis) is 1. The first-order valence-corrected chi connectivity index (χ1v) is 8.41. The zero-order valence-corrected chi connectivity index (χ0v) is 13.8. The van der Waals surface area contributed by atoms with Gasteiger partial charge in [0.05, 0.1) is 18.4 Å². The third-order valence-electron chi connectivity index (χ3n) is 2.68. The molecule has 1 aromatic carbocycles. The summed E-state index contributed by atoms with van der Waals surface area (Å²) in [7, 11) is 1.17. The van der Waals surface area contributed by atoms with E-state index in [-0.39, 0.29) is 17.2 Å². The molecular formula is C15H14N2O4S2. The van der Waals surface area contributed by atoms with Crippen LogP contribution in [0.2, 0.25) is 0 Å². The zero-order valence-electron chi connectivity index (χ0n) is 12.2. The van der Waals surface area contributed by atoms with Crippen LogP contribution >= 0.6 is 23.1 Å². The van der Waals surface area contributed by atoms with Crippen molar-refractivity contribution in [3.63, 3.8) is 0 Å². The van der Waals surface area contributed by atoms with E-state index in [4.69, 9.17) is 0 Å². The SMILES string of the molecule is COC(=O)NC(=O)c1ccsc1NC(=O)CSc1ccccc1. The van der Waals surface area contributed by atoms with Crippen molar-refractivity contribution in [2.45, 2.75) is 4.90 Å². The molecule has 2 aromatic rings. The van der Waals surface area contributed by atoms with Crippen molar-refractivity contribution < 1.29 is 19.1 Å².